The predicted octanol–water partition coefficient (Wildman–Crippen LogP) is 6.55. The number of pyridine rings is 3. The molecule has 0 unspecified atom stereocenters. The molecule has 0 spiro atoms. The molecular weight excluding hydrogens is 456 g/mol. The molecule has 0 saturated heterocycles. The van der Waals surface area contributed by atoms with Gasteiger partial charge in [-0.15, -0.1) is 0 Å². The zero-order chi connectivity index (χ0) is 24.5. The van der Waals surface area contributed by atoms with Crippen LogP contribution in [0.1, 0.15) is 5.56 Å². The standard InChI is InChI=1S/C29H19F2N5/c30-23-5-1-20(2-6-23)26-25-18-36(17-19-9-13-32-14-10-19)35-29(25)34-28(22-3-7-24(31)8-4-22)27(26)21-11-15-33-16-12-21/h1-16,18H,17H2. The van der Waals surface area contributed by atoms with Gasteiger partial charge in [-0.2, -0.15) is 5.10 Å². The first-order chi connectivity index (χ1) is 17.7. The fraction of sp³-hybridized carbons (Fsp3) is 0.0345. The van der Waals surface area contributed by atoms with E-state index in [0.717, 1.165) is 38.8 Å². The number of fused-ring (bicyclic) bond motifs is 1. The maximum absolute atomic E-state index is 13.9. The van der Waals surface area contributed by atoms with Gasteiger partial charge in [0.25, 0.3) is 0 Å². The summed E-state index contributed by atoms with van der Waals surface area (Å²) in [6.45, 7) is 0.540. The smallest absolute Gasteiger partial charge is 0.182 e. The third-order valence-corrected chi connectivity index (χ3v) is 6.03. The number of hydrogen-bond donors (Lipinski definition) is 0. The van der Waals surface area contributed by atoms with Crippen LogP contribution in [-0.4, -0.2) is 24.7 Å². The van der Waals surface area contributed by atoms with Gasteiger partial charge in [0.15, 0.2) is 5.65 Å². The Kier molecular flexibility index (Phi) is 5.50. The van der Waals surface area contributed by atoms with E-state index in [4.69, 9.17) is 10.1 Å². The average molecular weight is 476 g/mol. The molecule has 0 aliphatic heterocycles. The number of nitrogens with zero attached hydrogens (tertiary/aromatic N) is 5. The SMILES string of the molecule is Fc1ccc(-c2nc3nn(Cc4ccncc4)cc3c(-c3ccc(F)cc3)c2-c2ccncc2)cc1. The maximum Gasteiger partial charge on any atom is 0.182 e. The molecule has 36 heavy (non-hydrogen) atoms. The van der Waals surface area contributed by atoms with Crippen molar-refractivity contribution in [3.8, 4) is 33.5 Å². The Morgan fingerprint density at radius 1 is 0.611 bits per heavy atom. The van der Waals surface area contributed by atoms with E-state index in [0.29, 0.717) is 17.9 Å². The van der Waals surface area contributed by atoms with Crippen LogP contribution in [0.4, 0.5) is 8.78 Å². The van der Waals surface area contributed by atoms with Crippen LogP contribution < -0.4 is 0 Å². The highest BCUT2D eigenvalue weighted by molar-refractivity contribution is 6.05. The zero-order valence-corrected chi connectivity index (χ0v) is 19.0. The van der Waals surface area contributed by atoms with E-state index < -0.39 is 0 Å². The van der Waals surface area contributed by atoms with Gasteiger partial charge in [0, 0.05) is 53.1 Å². The second-order valence-electron chi connectivity index (χ2n) is 8.38. The lowest BCUT2D eigenvalue weighted by Crippen LogP contribution is -2.00. The molecule has 0 bridgehead atoms. The summed E-state index contributed by atoms with van der Waals surface area (Å²) in [4.78, 5) is 13.2. The van der Waals surface area contributed by atoms with Crippen LogP contribution >= 0.6 is 0 Å². The summed E-state index contributed by atoms with van der Waals surface area (Å²) in [7, 11) is 0. The van der Waals surface area contributed by atoms with Gasteiger partial charge in [-0.3, -0.25) is 14.6 Å². The lowest BCUT2D eigenvalue weighted by atomic mass is 9.90. The van der Waals surface area contributed by atoms with Gasteiger partial charge in [0.2, 0.25) is 0 Å². The zero-order valence-electron chi connectivity index (χ0n) is 19.0. The summed E-state index contributed by atoms with van der Waals surface area (Å²) >= 11 is 0. The van der Waals surface area contributed by atoms with Crippen LogP contribution in [0.5, 0.6) is 0 Å². The summed E-state index contributed by atoms with van der Waals surface area (Å²) in [5, 5.41) is 5.60. The molecule has 0 N–H and O–H groups in total. The summed E-state index contributed by atoms with van der Waals surface area (Å²) in [5.74, 6) is -0.646. The average Bonchev–Trinajstić information content (AvgIpc) is 3.32. The summed E-state index contributed by atoms with van der Waals surface area (Å²) in [6.07, 6.45) is 8.88. The number of benzene rings is 2. The molecular formula is C29H19F2N5. The fourth-order valence-corrected chi connectivity index (χ4v) is 4.37. The largest absolute Gasteiger partial charge is 0.265 e. The molecule has 0 aliphatic carbocycles. The number of halogens is 2. The molecule has 174 valence electrons. The van der Waals surface area contributed by atoms with Crippen molar-refractivity contribution >= 4 is 11.0 Å². The molecule has 4 aromatic heterocycles. The van der Waals surface area contributed by atoms with Crippen molar-refractivity contribution in [3.05, 3.63) is 121 Å². The molecule has 7 heteroatoms. The fourth-order valence-electron chi connectivity index (χ4n) is 4.37. The molecule has 2 aromatic carbocycles. The Balaban J connectivity index is 1.67. The highest BCUT2D eigenvalue weighted by Crippen LogP contribution is 2.43. The Hall–Kier alpha value is -4.78. The second-order valence-corrected chi connectivity index (χ2v) is 8.38. The van der Waals surface area contributed by atoms with Crippen LogP contribution in [0, 0.1) is 11.6 Å². The van der Waals surface area contributed by atoms with E-state index in [9.17, 15) is 8.78 Å². The topological polar surface area (TPSA) is 56.5 Å². The van der Waals surface area contributed by atoms with Gasteiger partial charge in [0.1, 0.15) is 11.6 Å². The van der Waals surface area contributed by atoms with Crippen molar-refractivity contribution in [1.82, 2.24) is 24.7 Å². The summed E-state index contributed by atoms with van der Waals surface area (Å²) in [6, 6.07) is 20.3. The Labute approximate surface area is 205 Å². The van der Waals surface area contributed by atoms with Gasteiger partial charge < -0.3 is 0 Å². The Morgan fingerprint density at radius 3 is 1.81 bits per heavy atom. The first kappa shape index (κ1) is 21.7. The van der Waals surface area contributed by atoms with E-state index >= 15 is 0 Å². The van der Waals surface area contributed by atoms with Gasteiger partial charge >= 0.3 is 0 Å². The van der Waals surface area contributed by atoms with Crippen molar-refractivity contribution < 1.29 is 8.78 Å². The van der Waals surface area contributed by atoms with E-state index in [1.54, 1.807) is 49.1 Å². The first-order valence-corrected chi connectivity index (χ1v) is 11.4. The van der Waals surface area contributed by atoms with Crippen LogP contribution in [0.25, 0.3) is 44.5 Å². The van der Waals surface area contributed by atoms with Gasteiger partial charge in [-0.05, 0) is 77.4 Å². The molecule has 0 fully saturated rings. The highest BCUT2D eigenvalue weighted by Gasteiger charge is 2.22. The molecule has 0 amide bonds. The normalized spacial score (nSPS) is 11.2. The number of hydrogen-bond acceptors (Lipinski definition) is 4. The molecule has 6 aromatic rings. The summed E-state index contributed by atoms with van der Waals surface area (Å²) < 4.78 is 29.5. The van der Waals surface area contributed by atoms with Crippen LogP contribution in [-0.2, 0) is 6.54 Å². The van der Waals surface area contributed by atoms with Gasteiger partial charge in [-0.1, -0.05) is 12.1 Å². The number of rotatable bonds is 5. The van der Waals surface area contributed by atoms with Crippen molar-refractivity contribution in [2.24, 2.45) is 0 Å². The van der Waals surface area contributed by atoms with Crippen LogP contribution in [0.15, 0.2) is 104 Å². The molecule has 0 radical (unpaired) electrons. The van der Waals surface area contributed by atoms with Gasteiger partial charge in [-0.25, -0.2) is 13.8 Å². The Morgan fingerprint density at radius 2 is 1.17 bits per heavy atom. The first-order valence-electron chi connectivity index (χ1n) is 11.4. The van der Waals surface area contributed by atoms with Crippen LogP contribution in [0.3, 0.4) is 0 Å². The summed E-state index contributed by atoms with van der Waals surface area (Å²) in [5.41, 5.74) is 6.41. The monoisotopic (exact) mass is 475 g/mol. The number of aromatic nitrogens is 5. The molecule has 5 nitrogen and oxygen atoms in total. The lowest BCUT2D eigenvalue weighted by molar-refractivity contribution is 0.627. The van der Waals surface area contributed by atoms with Crippen molar-refractivity contribution in [2.75, 3.05) is 0 Å². The molecule has 0 aliphatic rings. The highest BCUT2D eigenvalue weighted by atomic mass is 19.1. The predicted molar refractivity (Wildman–Crippen MR) is 135 cm³/mol. The van der Waals surface area contributed by atoms with Crippen molar-refractivity contribution in [2.45, 2.75) is 6.54 Å². The Bertz CT molecular complexity index is 1650. The van der Waals surface area contributed by atoms with E-state index in [-0.39, 0.29) is 11.6 Å². The van der Waals surface area contributed by atoms with Crippen LogP contribution in [0.2, 0.25) is 0 Å². The lowest BCUT2D eigenvalue weighted by Gasteiger charge is -2.16. The minimum Gasteiger partial charge on any atom is -0.265 e. The minimum absolute atomic E-state index is 0.318. The maximum atomic E-state index is 13.9. The molecule has 0 saturated carbocycles. The molecule has 4 heterocycles. The van der Waals surface area contributed by atoms with Crippen molar-refractivity contribution in [3.63, 3.8) is 0 Å². The van der Waals surface area contributed by atoms with E-state index in [1.807, 2.05) is 35.1 Å². The van der Waals surface area contributed by atoms with Gasteiger partial charge in [0.05, 0.1) is 12.2 Å². The van der Waals surface area contributed by atoms with E-state index in [1.165, 1.54) is 24.3 Å². The molecule has 6 rings (SSSR count). The van der Waals surface area contributed by atoms with E-state index in [2.05, 4.69) is 9.97 Å². The van der Waals surface area contributed by atoms with Crippen molar-refractivity contribution in [1.29, 1.82) is 0 Å². The third kappa shape index (κ3) is 4.11. The minimum atomic E-state index is -0.328. The third-order valence-electron chi connectivity index (χ3n) is 6.03. The molecule has 0 atom stereocenters. The second kappa shape index (κ2) is 9.11. The quantitative estimate of drug-likeness (QED) is 0.284.